The van der Waals surface area contributed by atoms with E-state index in [4.69, 9.17) is 9.47 Å². The van der Waals surface area contributed by atoms with E-state index in [1.165, 1.54) is 32.7 Å². The van der Waals surface area contributed by atoms with Crippen molar-refractivity contribution in [3.05, 3.63) is 66.4 Å². The van der Waals surface area contributed by atoms with Crippen LogP contribution in [0.25, 0.3) is 0 Å². The second kappa shape index (κ2) is 8.13. The van der Waals surface area contributed by atoms with Gasteiger partial charge in [0.2, 0.25) is 0 Å². The fourth-order valence-corrected chi connectivity index (χ4v) is 2.35. The van der Waals surface area contributed by atoms with E-state index in [1.807, 2.05) is 0 Å². The molecular formula is C19H17FN4O3. The first-order valence-electron chi connectivity index (χ1n) is 7.97. The molecule has 1 amide bonds. The predicted molar refractivity (Wildman–Crippen MR) is 99.2 cm³/mol. The van der Waals surface area contributed by atoms with Crippen molar-refractivity contribution in [2.45, 2.75) is 0 Å². The lowest BCUT2D eigenvalue weighted by Crippen LogP contribution is -2.15. The summed E-state index contributed by atoms with van der Waals surface area (Å²) in [7, 11) is 3.02. The van der Waals surface area contributed by atoms with Crippen molar-refractivity contribution in [3.8, 4) is 11.5 Å². The normalized spacial score (nSPS) is 10.2. The number of nitrogens with one attached hydrogen (secondary N) is 2. The van der Waals surface area contributed by atoms with E-state index in [-0.39, 0.29) is 17.2 Å². The molecule has 0 saturated carbocycles. The maximum Gasteiger partial charge on any atom is 0.274 e. The van der Waals surface area contributed by atoms with Crippen LogP contribution in [0.5, 0.6) is 11.5 Å². The number of carbonyl (C=O) groups excluding carboxylic acids is 1. The first kappa shape index (κ1) is 18.1. The van der Waals surface area contributed by atoms with Crippen LogP contribution in [-0.4, -0.2) is 30.1 Å². The van der Waals surface area contributed by atoms with Crippen LogP contribution < -0.4 is 20.1 Å². The van der Waals surface area contributed by atoms with Crippen LogP contribution in [0.2, 0.25) is 0 Å². The van der Waals surface area contributed by atoms with Gasteiger partial charge in [-0.05, 0) is 24.3 Å². The summed E-state index contributed by atoms with van der Waals surface area (Å²) in [4.78, 5) is 20.5. The lowest BCUT2D eigenvalue weighted by atomic mass is 10.2. The van der Waals surface area contributed by atoms with Gasteiger partial charge in [0.05, 0.1) is 25.6 Å². The number of aromatic nitrogens is 2. The average Bonchev–Trinajstić information content (AvgIpc) is 2.70. The Kier molecular flexibility index (Phi) is 5.46. The summed E-state index contributed by atoms with van der Waals surface area (Å²) in [6.07, 6.45) is 1.22. The van der Waals surface area contributed by atoms with Gasteiger partial charge in [-0.2, -0.15) is 0 Å². The summed E-state index contributed by atoms with van der Waals surface area (Å²) in [5, 5.41) is 5.54. The Morgan fingerprint density at radius 2 is 1.81 bits per heavy atom. The van der Waals surface area contributed by atoms with Crippen molar-refractivity contribution < 1.29 is 18.7 Å². The fraction of sp³-hybridized carbons (Fsp3) is 0.105. The first-order chi connectivity index (χ1) is 13.1. The van der Waals surface area contributed by atoms with Crippen molar-refractivity contribution >= 4 is 23.1 Å². The third-order valence-electron chi connectivity index (χ3n) is 3.69. The molecule has 1 heterocycles. The van der Waals surface area contributed by atoms with Gasteiger partial charge in [0.25, 0.3) is 5.91 Å². The number of hydrogen-bond donors (Lipinski definition) is 2. The summed E-state index contributed by atoms with van der Waals surface area (Å²) < 4.78 is 24.2. The molecule has 3 rings (SSSR count). The SMILES string of the molecule is COc1ccc(OC)c(NC(=O)c2cc(Nc3ccccc3F)ncn2)c1. The Balaban J connectivity index is 1.81. The highest BCUT2D eigenvalue weighted by Gasteiger charge is 2.13. The molecule has 0 radical (unpaired) electrons. The minimum Gasteiger partial charge on any atom is -0.497 e. The number of amides is 1. The largest absolute Gasteiger partial charge is 0.497 e. The predicted octanol–water partition coefficient (Wildman–Crippen LogP) is 3.63. The quantitative estimate of drug-likeness (QED) is 0.691. The maximum absolute atomic E-state index is 13.8. The summed E-state index contributed by atoms with van der Waals surface area (Å²) >= 11 is 0. The molecule has 0 saturated heterocycles. The number of nitrogens with zero attached hydrogens (tertiary/aromatic N) is 2. The number of anilines is 3. The van der Waals surface area contributed by atoms with Crippen LogP contribution in [0.3, 0.4) is 0 Å². The van der Waals surface area contributed by atoms with Gasteiger partial charge < -0.3 is 20.1 Å². The summed E-state index contributed by atoms with van der Waals surface area (Å²) in [6, 6.07) is 12.6. The maximum atomic E-state index is 13.8. The zero-order valence-corrected chi connectivity index (χ0v) is 14.7. The lowest BCUT2D eigenvalue weighted by molar-refractivity contribution is 0.102. The highest BCUT2D eigenvalue weighted by atomic mass is 19.1. The molecule has 3 aromatic rings. The van der Waals surface area contributed by atoms with Crippen LogP contribution in [0.1, 0.15) is 10.5 Å². The molecule has 0 bridgehead atoms. The Hall–Kier alpha value is -3.68. The van der Waals surface area contributed by atoms with Gasteiger partial charge in [-0.25, -0.2) is 14.4 Å². The van der Waals surface area contributed by atoms with E-state index >= 15 is 0 Å². The van der Waals surface area contributed by atoms with Crippen LogP contribution in [0, 0.1) is 5.82 Å². The molecule has 0 atom stereocenters. The standard InChI is InChI=1S/C19H17FN4O3/c1-26-12-7-8-17(27-2)15(9-12)24-19(25)16-10-18(22-11-21-16)23-14-6-4-3-5-13(14)20/h3-11H,1-2H3,(H,24,25)(H,21,22,23). The first-order valence-corrected chi connectivity index (χ1v) is 7.97. The van der Waals surface area contributed by atoms with Crippen LogP contribution in [0.4, 0.5) is 21.6 Å². The average molecular weight is 368 g/mol. The molecule has 7 nitrogen and oxygen atoms in total. The van der Waals surface area contributed by atoms with Gasteiger partial charge in [0.15, 0.2) is 0 Å². The van der Waals surface area contributed by atoms with Gasteiger partial charge in [0, 0.05) is 12.1 Å². The van der Waals surface area contributed by atoms with E-state index in [1.54, 1.807) is 36.4 Å². The lowest BCUT2D eigenvalue weighted by Gasteiger charge is -2.12. The highest BCUT2D eigenvalue weighted by molar-refractivity contribution is 6.04. The van der Waals surface area contributed by atoms with Gasteiger partial charge in [0.1, 0.15) is 35.2 Å². The molecule has 0 spiro atoms. The summed E-state index contributed by atoms with van der Waals surface area (Å²) in [5.41, 5.74) is 0.787. The molecule has 0 fully saturated rings. The van der Waals surface area contributed by atoms with Gasteiger partial charge in [-0.3, -0.25) is 4.79 Å². The minimum atomic E-state index is -0.472. The Morgan fingerprint density at radius 1 is 1.00 bits per heavy atom. The Labute approximate surface area is 155 Å². The van der Waals surface area contributed by atoms with Gasteiger partial charge in [-0.15, -0.1) is 0 Å². The monoisotopic (exact) mass is 368 g/mol. The Bertz CT molecular complexity index is 965. The third-order valence-corrected chi connectivity index (χ3v) is 3.69. The summed E-state index contributed by atoms with van der Waals surface area (Å²) in [6.45, 7) is 0. The minimum absolute atomic E-state index is 0.105. The van der Waals surface area contributed by atoms with Crippen LogP contribution in [-0.2, 0) is 0 Å². The van der Waals surface area contributed by atoms with Crippen molar-refractivity contribution in [3.63, 3.8) is 0 Å². The number of para-hydroxylation sites is 1. The molecule has 8 heteroatoms. The van der Waals surface area contributed by atoms with Crippen LogP contribution >= 0.6 is 0 Å². The molecular weight excluding hydrogens is 351 g/mol. The number of ether oxygens (including phenoxy) is 2. The van der Waals surface area contributed by atoms with E-state index in [0.717, 1.165) is 0 Å². The van der Waals surface area contributed by atoms with E-state index < -0.39 is 11.7 Å². The van der Waals surface area contributed by atoms with E-state index in [0.29, 0.717) is 17.2 Å². The van der Waals surface area contributed by atoms with Crippen molar-refractivity contribution in [1.29, 1.82) is 0 Å². The van der Waals surface area contributed by atoms with E-state index in [9.17, 15) is 9.18 Å². The number of carbonyl (C=O) groups is 1. The zero-order valence-electron chi connectivity index (χ0n) is 14.7. The van der Waals surface area contributed by atoms with Gasteiger partial charge >= 0.3 is 0 Å². The fourth-order valence-electron chi connectivity index (χ4n) is 2.35. The number of benzene rings is 2. The number of hydrogen-bond acceptors (Lipinski definition) is 6. The van der Waals surface area contributed by atoms with Crippen molar-refractivity contribution in [2.24, 2.45) is 0 Å². The molecule has 138 valence electrons. The van der Waals surface area contributed by atoms with Gasteiger partial charge in [-0.1, -0.05) is 12.1 Å². The second-order valence-electron chi connectivity index (χ2n) is 5.41. The molecule has 2 N–H and O–H groups in total. The number of rotatable bonds is 6. The van der Waals surface area contributed by atoms with Crippen molar-refractivity contribution in [2.75, 3.05) is 24.9 Å². The smallest absolute Gasteiger partial charge is 0.274 e. The molecule has 0 aliphatic heterocycles. The molecule has 27 heavy (non-hydrogen) atoms. The zero-order chi connectivity index (χ0) is 19.2. The number of methoxy groups -OCH3 is 2. The highest BCUT2D eigenvalue weighted by Crippen LogP contribution is 2.29. The van der Waals surface area contributed by atoms with E-state index in [2.05, 4.69) is 20.6 Å². The number of halogens is 1. The van der Waals surface area contributed by atoms with Crippen LogP contribution in [0.15, 0.2) is 54.9 Å². The molecule has 1 aromatic heterocycles. The third kappa shape index (κ3) is 4.30. The summed E-state index contributed by atoms with van der Waals surface area (Å²) in [5.74, 6) is 0.431. The Morgan fingerprint density at radius 3 is 2.56 bits per heavy atom. The molecule has 0 unspecified atom stereocenters. The second-order valence-corrected chi connectivity index (χ2v) is 5.41. The van der Waals surface area contributed by atoms with Crippen molar-refractivity contribution in [1.82, 2.24) is 9.97 Å². The molecule has 2 aromatic carbocycles. The topological polar surface area (TPSA) is 85.4 Å². The molecule has 0 aliphatic carbocycles. The molecule has 0 aliphatic rings.